The summed E-state index contributed by atoms with van der Waals surface area (Å²) in [6.07, 6.45) is 5.08. The van der Waals surface area contributed by atoms with Gasteiger partial charge in [0, 0.05) is 17.6 Å². The zero-order valence-electron chi connectivity index (χ0n) is 11.2. The highest BCUT2D eigenvalue weighted by molar-refractivity contribution is 5.40. The molecule has 0 spiro atoms. The Labute approximate surface area is 109 Å². The average Bonchev–Trinajstić information content (AvgIpc) is 2.35. The minimum absolute atomic E-state index is 0.0580. The molecule has 1 fully saturated rings. The summed E-state index contributed by atoms with van der Waals surface area (Å²) < 4.78 is 0. The first-order chi connectivity index (χ1) is 8.58. The number of hydrogen-bond donors (Lipinski definition) is 3. The Morgan fingerprint density at radius 2 is 1.94 bits per heavy atom. The van der Waals surface area contributed by atoms with Crippen molar-refractivity contribution in [3.8, 4) is 11.5 Å². The van der Waals surface area contributed by atoms with Crippen LogP contribution in [0.2, 0.25) is 0 Å². The van der Waals surface area contributed by atoms with Crippen LogP contribution in [0.15, 0.2) is 18.2 Å². The summed E-state index contributed by atoms with van der Waals surface area (Å²) in [6.45, 7) is 4.32. The molecule has 3 unspecified atom stereocenters. The lowest BCUT2D eigenvalue weighted by atomic mass is 9.85. The van der Waals surface area contributed by atoms with Crippen molar-refractivity contribution in [2.24, 2.45) is 5.92 Å². The Morgan fingerprint density at radius 1 is 1.22 bits per heavy atom. The van der Waals surface area contributed by atoms with Crippen molar-refractivity contribution in [2.45, 2.75) is 51.6 Å². The molecule has 0 bridgehead atoms. The van der Waals surface area contributed by atoms with Crippen LogP contribution in [0.4, 0.5) is 0 Å². The van der Waals surface area contributed by atoms with Crippen LogP contribution in [0.3, 0.4) is 0 Å². The van der Waals surface area contributed by atoms with Gasteiger partial charge in [-0.25, -0.2) is 0 Å². The van der Waals surface area contributed by atoms with E-state index in [4.69, 9.17) is 0 Å². The van der Waals surface area contributed by atoms with Crippen LogP contribution in [-0.2, 0) is 0 Å². The van der Waals surface area contributed by atoms with Crippen LogP contribution < -0.4 is 5.32 Å². The van der Waals surface area contributed by atoms with E-state index in [1.54, 1.807) is 12.1 Å². The van der Waals surface area contributed by atoms with Crippen LogP contribution >= 0.6 is 0 Å². The van der Waals surface area contributed by atoms with Crippen molar-refractivity contribution in [1.29, 1.82) is 0 Å². The Morgan fingerprint density at radius 3 is 2.67 bits per heavy atom. The molecule has 100 valence electrons. The van der Waals surface area contributed by atoms with E-state index in [0.29, 0.717) is 12.0 Å². The molecule has 1 aliphatic carbocycles. The molecule has 0 aliphatic heterocycles. The van der Waals surface area contributed by atoms with Gasteiger partial charge in [-0.3, -0.25) is 0 Å². The molecular weight excluding hydrogens is 226 g/mol. The van der Waals surface area contributed by atoms with Crippen molar-refractivity contribution >= 4 is 0 Å². The van der Waals surface area contributed by atoms with Crippen LogP contribution in [0.25, 0.3) is 0 Å². The Kier molecular flexibility index (Phi) is 4.12. The molecule has 18 heavy (non-hydrogen) atoms. The fourth-order valence-corrected chi connectivity index (χ4v) is 2.86. The van der Waals surface area contributed by atoms with Crippen molar-refractivity contribution in [1.82, 2.24) is 5.32 Å². The molecule has 1 aromatic carbocycles. The van der Waals surface area contributed by atoms with Gasteiger partial charge in [0.15, 0.2) is 0 Å². The summed E-state index contributed by atoms with van der Waals surface area (Å²) in [5.41, 5.74) is 0.771. The van der Waals surface area contributed by atoms with Gasteiger partial charge in [-0.05, 0) is 43.9 Å². The van der Waals surface area contributed by atoms with E-state index in [1.165, 1.54) is 31.7 Å². The molecule has 2 rings (SSSR count). The lowest BCUT2D eigenvalue weighted by Gasteiger charge is -2.32. The van der Waals surface area contributed by atoms with E-state index in [1.807, 2.05) is 6.92 Å². The van der Waals surface area contributed by atoms with Gasteiger partial charge in [-0.1, -0.05) is 19.8 Å². The maximum absolute atomic E-state index is 9.85. The molecule has 3 nitrogen and oxygen atoms in total. The fraction of sp³-hybridized carbons (Fsp3) is 0.600. The second-order valence-electron chi connectivity index (χ2n) is 5.50. The van der Waals surface area contributed by atoms with Gasteiger partial charge in [0.25, 0.3) is 0 Å². The zero-order chi connectivity index (χ0) is 13.1. The van der Waals surface area contributed by atoms with Crippen molar-refractivity contribution < 1.29 is 10.2 Å². The predicted molar refractivity (Wildman–Crippen MR) is 72.7 cm³/mol. The lowest BCUT2D eigenvalue weighted by Crippen LogP contribution is -2.38. The number of phenolic OH excluding ortho intramolecular Hbond substituents is 2. The van der Waals surface area contributed by atoms with E-state index in [9.17, 15) is 10.2 Å². The lowest BCUT2D eigenvalue weighted by molar-refractivity contribution is 0.261. The molecule has 0 saturated heterocycles. The van der Waals surface area contributed by atoms with Gasteiger partial charge in [0.1, 0.15) is 11.5 Å². The summed E-state index contributed by atoms with van der Waals surface area (Å²) in [5, 5.41) is 22.9. The molecule has 1 aliphatic rings. The molecule has 0 amide bonds. The molecule has 3 N–H and O–H groups in total. The van der Waals surface area contributed by atoms with Gasteiger partial charge in [-0.15, -0.1) is 0 Å². The number of rotatable bonds is 3. The second-order valence-corrected chi connectivity index (χ2v) is 5.50. The quantitative estimate of drug-likeness (QED) is 0.720. The van der Waals surface area contributed by atoms with Gasteiger partial charge in [-0.2, -0.15) is 0 Å². The topological polar surface area (TPSA) is 52.5 Å². The fourth-order valence-electron chi connectivity index (χ4n) is 2.86. The van der Waals surface area contributed by atoms with Crippen LogP contribution in [0, 0.1) is 5.92 Å². The molecule has 0 aromatic heterocycles. The summed E-state index contributed by atoms with van der Waals surface area (Å²) in [5.74, 6) is 1.13. The highest BCUT2D eigenvalue weighted by Gasteiger charge is 2.23. The maximum Gasteiger partial charge on any atom is 0.120 e. The van der Waals surface area contributed by atoms with E-state index in [2.05, 4.69) is 12.2 Å². The Bertz CT molecular complexity index is 405. The minimum atomic E-state index is 0.0580. The van der Waals surface area contributed by atoms with Gasteiger partial charge in [0.2, 0.25) is 0 Å². The first kappa shape index (κ1) is 13.2. The first-order valence-corrected chi connectivity index (χ1v) is 6.86. The Balaban J connectivity index is 2.06. The smallest absolute Gasteiger partial charge is 0.120 e. The van der Waals surface area contributed by atoms with E-state index < -0.39 is 0 Å². The van der Waals surface area contributed by atoms with E-state index in [-0.39, 0.29) is 17.5 Å². The summed E-state index contributed by atoms with van der Waals surface area (Å²) >= 11 is 0. The number of phenols is 2. The highest BCUT2D eigenvalue weighted by atomic mass is 16.3. The molecule has 3 heteroatoms. The van der Waals surface area contributed by atoms with E-state index in [0.717, 1.165) is 5.56 Å². The van der Waals surface area contributed by atoms with Gasteiger partial charge < -0.3 is 15.5 Å². The molecule has 1 aromatic rings. The third kappa shape index (κ3) is 2.96. The molecular formula is C15H23NO2. The predicted octanol–water partition coefficient (Wildman–Crippen LogP) is 3.33. The third-order valence-corrected chi connectivity index (χ3v) is 4.05. The summed E-state index contributed by atoms with van der Waals surface area (Å²) in [6, 6.07) is 5.26. The minimum Gasteiger partial charge on any atom is -0.508 e. The van der Waals surface area contributed by atoms with Crippen molar-refractivity contribution in [3.63, 3.8) is 0 Å². The van der Waals surface area contributed by atoms with Crippen molar-refractivity contribution in [2.75, 3.05) is 0 Å². The monoisotopic (exact) mass is 249 g/mol. The average molecular weight is 249 g/mol. The molecule has 0 heterocycles. The zero-order valence-corrected chi connectivity index (χ0v) is 11.2. The summed E-state index contributed by atoms with van der Waals surface area (Å²) in [7, 11) is 0. The maximum atomic E-state index is 9.85. The molecule has 1 saturated carbocycles. The number of benzene rings is 1. The number of nitrogens with one attached hydrogen (secondary N) is 1. The first-order valence-electron chi connectivity index (χ1n) is 6.86. The Hall–Kier alpha value is -1.22. The second kappa shape index (κ2) is 5.61. The molecule has 3 atom stereocenters. The largest absolute Gasteiger partial charge is 0.508 e. The SMILES string of the molecule is CC(NC1CCCCC1C)c1cc(O)ccc1O. The van der Waals surface area contributed by atoms with Crippen LogP contribution in [0.5, 0.6) is 11.5 Å². The standard InChI is InChI=1S/C15H23NO2/c1-10-5-3-4-6-14(10)16-11(2)13-9-12(17)7-8-15(13)18/h7-11,14,16-18H,3-6H2,1-2H3. The highest BCUT2D eigenvalue weighted by Crippen LogP contribution is 2.31. The number of aromatic hydroxyl groups is 2. The van der Waals surface area contributed by atoms with Crippen LogP contribution in [-0.4, -0.2) is 16.3 Å². The molecule has 0 radical (unpaired) electrons. The van der Waals surface area contributed by atoms with E-state index >= 15 is 0 Å². The van der Waals surface area contributed by atoms with Gasteiger partial charge >= 0.3 is 0 Å². The van der Waals surface area contributed by atoms with Crippen molar-refractivity contribution in [3.05, 3.63) is 23.8 Å². The third-order valence-electron chi connectivity index (χ3n) is 4.05. The normalized spacial score (nSPS) is 25.9. The van der Waals surface area contributed by atoms with Crippen LogP contribution in [0.1, 0.15) is 51.1 Å². The van der Waals surface area contributed by atoms with Gasteiger partial charge in [0.05, 0.1) is 0 Å². The summed E-state index contributed by atoms with van der Waals surface area (Å²) in [4.78, 5) is 0. The number of hydrogen-bond acceptors (Lipinski definition) is 3.